The van der Waals surface area contributed by atoms with Crippen LogP contribution in [0, 0.1) is 10.1 Å². The van der Waals surface area contributed by atoms with Gasteiger partial charge in [0, 0.05) is 19.2 Å². The molecule has 0 radical (unpaired) electrons. The van der Waals surface area contributed by atoms with Crippen LogP contribution in [0.25, 0.3) is 0 Å². The second-order valence-electron chi connectivity index (χ2n) is 5.29. The molecule has 0 bridgehead atoms. The zero-order valence-electron chi connectivity index (χ0n) is 13.0. The van der Waals surface area contributed by atoms with Crippen LogP contribution in [-0.4, -0.2) is 30.7 Å². The first kappa shape index (κ1) is 18.2. The van der Waals surface area contributed by atoms with Crippen molar-refractivity contribution >= 4 is 18.1 Å². The van der Waals surface area contributed by atoms with Crippen LogP contribution in [0.2, 0.25) is 0 Å². The molecule has 1 saturated heterocycles. The van der Waals surface area contributed by atoms with Gasteiger partial charge in [0.15, 0.2) is 11.9 Å². The second-order valence-corrected chi connectivity index (χ2v) is 5.29. The maximum absolute atomic E-state index is 11.2. The molecule has 1 aliphatic rings. The van der Waals surface area contributed by atoms with Gasteiger partial charge in [0.25, 0.3) is 0 Å². The molecule has 1 aliphatic heterocycles. The number of para-hydroxylation sites is 2. The number of nitro groups is 1. The SMILES string of the molecule is Cl.O=[N+]([O-])c1ccccc1OC(c1ccccc1)C1CNCCO1. The highest BCUT2D eigenvalue weighted by molar-refractivity contribution is 5.85. The monoisotopic (exact) mass is 350 g/mol. The van der Waals surface area contributed by atoms with Crippen LogP contribution in [-0.2, 0) is 4.74 Å². The molecule has 1 heterocycles. The Balaban J connectivity index is 0.00000208. The Labute approximate surface area is 146 Å². The van der Waals surface area contributed by atoms with Gasteiger partial charge < -0.3 is 14.8 Å². The first-order valence-corrected chi connectivity index (χ1v) is 7.53. The van der Waals surface area contributed by atoms with Gasteiger partial charge in [-0.3, -0.25) is 10.1 Å². The lowest BCUT2D eigenvalue weighted by atomic mass is 10.0. The van der Waals surface area contributed by atoms with Gasteiger partial charge in [-0.2, -0.15) is 0 Å². The van der Waals surface area contributed by atoms with Gasteiger partial charge in [0.05, 0.1) is 11.5 Å². The van der Waals surface area contributed by atoms with Gasteiger partial charge in [0.1, 0.15) is 6.10 Å². The number of ether oxygens (including phenoxy) is 2. The molecule has 0 aromatic heterocycles. The third-order valence-corrected chi connectivity index (χ3v) is 3.74. The molecule has 3 rings (SSSR count). The zero-order valence-corrected chi connectivity index (χ0v) is 13.8. The maximum atomic E-state index is 11.2. The number of hydrogen-bond donors (Lipinski definition) is 1. The Morgan fingerprint density at radius 3 is 2.54 bits per heavy atom. The number of nitrogens with one attached hydrogen (secondary N) is 1. The first-order valence-electron chi connectivity index (χ1n) is 7.53. The minimum Gasteiger partial charge on any atom is -0.476 e. The van der Waals surface area contributed by atoms with E-state index in [2.05, 4.69) is 5.32 Å². The predicted octanol–water partition coefficient (Wildman–Crippen LogP) is 3.13. The standard InChI is InChI=1S/C17H18N2O4.ClH/c20-19(21)14-8-4-5-9-15(14)23-17(13-6-2-1-3-7-13)16-12-18-10-11-22-16;/h1-9,16-18H,10-12H2;1H. The van der Waals surface area contributed by atoms with E-state index < -0.39 is 11.0 Å². The van der Waals surface area contributed by atoms with Crippen molar-refractivity contribution in [2.45, 2.75) is 12.2 Å². The number of nitrogens with zero attached hydrogens (tertiary/aromatic N) is 1. The summed E-state index contributed by atoms with van der Waals surface area (Å²) < 4.78 is 11.8. The van der Waals surface area contributed by atoms with Crippen molar-refractivity contribution in [1.82, 2.24) is 5.32 Å². The fourth-order valence-electron chi connectivity index (χ4n) is 2.63. The summed E-state index contributed by atoms with van der Waals surface area (Å²) in [7, 11) is 0. The Hall–Kier alpha value is -2.15. The van der Waals surface area contributed by atoms with Crippen LogP contribution in [0.4, 0.5) is 5.69 Å². The van der Waals surface area contributed by atoms with Gasteiger partial charge in [0.2, 0.25) is 0 Å². The highest BCUT2D eigenvalue weighted by Gasteiger charge is 2.29. The van der Waals surface area contributed by atoms with Crippen LogP contribution in [0.3, 0.4) is 0 Å². The quantitative estimate of drug-likeness (QED) is 0.662. The fourth-order valence-corrected chi connectivity index (χ4v) is 2.63. The van der Waals surface area contributed by atoms with E-state index >= 15 is 0 Å². The van der Waals surface area contributed by atoms with Crippen molar-refractivity contribution in [3.63, 3.8) is 0 Å². The molecule has 128 valence electrons. The average Bonchev–Trinajstić information content (AvgIpc) is 2.61. The zero-order chi connectivity index (χ0) is 16.1. The number of rotatable bonds is 5. The van der Waals surface area contributed by atoms with E-state index in [1.807, 2.05) is 30.3 Å². The van der Waals surface area contributed by atoms with Crippen molar-refractivity contribution < 1.29 is 14.4 Å². The molecule has 7 heteroatoms. The third-order valence-electron chi connectivity index (χ3n) is 3.74. The smallest absolute Gasteiger partial charge is 0.310 e. The lowest BCUT2D eigenvalue weighted by molar-refractivity contribution is -0.386. The highest BCUT2D eigenvalue weighted by atomic mass is 35.5. The minimum absolute atomic E-state index is 0. The molecule has 1 fully saturated rings. The summed E-state index contributed by atoms with van der Waals surface area (Å²) in [5, 5.41) is 14.5. The van der Waals surface area contributed by atoms with Crippen molar-refractivity contribution in [3.8, 4) is 5.75 Å². The van der Waals surface area contributed by atoms with Crippen LogP contribution in [0.1, 0.15) is 11.7 Å². The molecule has 1 N–H and O–H groups in total. The van der Waals surface area contributed by atoms with Gasteiger partial charge in [-0.15, -0.1) is 12.4 Å². The second kappa shape index (κ2) is 8.63. The average molecular weight is 351 g/mol. The molecule has 0 amide bonds. The largest absolute Gasteiger partial charge is 0.476 e. The summed E-state index contributed by atoms with van der Waals surface area (Å²) in [6, 6.07) is 16.1. The van der Waals surface area contributed by atoms with E-state index in [4.69, 9.17) is 9.47 Å². The molecule has 2 aromatic carbocycles. The molecule has 2 atom stereocenters. The van der Waals surface area contributed by atoms with Gasteiger partial charge in [-0.25, -0.2) is 0 Å². The van der Waals surface area contributed by atoms with Crippen LogP contribution >= 0.6 is 12.4 Å². The molecule has 0 aliphatic carbocycles. The van der Waals surface area contributed by atoms with E-state index in [-0.39, 0.29) is 29.9 Å². The molecular formula is C17H19ClN2O4. The maximum Gasteiger partial charge on any atom is 0.310 e. The van der Waals surface area contributed by atoms with E-state index in [0.29, 0.717) is 13.2 Å². The molecule has 24 heavy (non-hydrogen) atoms. The van der Waals surface area contributed by atoms with E-state index in [0.717, 1.165) is 12.1 Å². The first-order chi connectivity index (χ1) is 11.3. The molecule has 6 nitrogen and oxygen atoms in total. The topological polar surface area (TPSA) is 73.6 Å². The molecular weight excluding hydrogens is 332 g/mol. The van der Waals surface area contributed by atoms with Crippen molar-refractivity contribution in [1.29, 1.82) is 0 Å². The number of halogens is 1. The van der Waals surface area contributed by atoms with E-state index in [1.165, 1.54) is 6.07 Å². The molecule has 0 spiro atoms. The van der Waals surface area contributed by atoms with Crippen molar-refractivity contribution in [3.05, 3.63) is 70.3 Å². The molecule has 2 aromatic rings. The van der Waals surface area contributed by atoms with Gasteiger partial charge >= 0.3 is 5.69 Å². The highest BCUT2D eigenvalue weighted by Crippen LogP contribution is 2.33. The lowest BCUT2D eigenvalue weighted by Crippen LogP contribution is -2.43. The fraction of sp³-hybridized carbons (Fsp3) is 0.294. The lowest BCUT2D eigenvalue weighted by Gasteiger charge is -2.31. The summed E-state index contributed by atoms with van der Waals surface area (Å²) in [4.78, 5) is 10.8. The van der Waals surface area contributed by atoms with Crippen molar-refractivity contribution in [2.75, 3.05) is 19.7 Å². The van der Waals surface area contributed by atoms with Crippen LogP contribution in [0.15, 0.2) is 54.6 Å². The Morgan fingerprint density at radius 2 is 1.88 bits per heavy atom. The summed E-state index contributed by atoms with van der Waals surface area (Å²) in [5.41, 5.74) is 0.886. The summed E-state index contributed by atoms with van der Waals surface area (Å²) in [6.07, 6.45) is -0.615. The van der Waals surface area contributed by atoms with Gasteiger partial charge in [-0.05, 0) is 11.6 Å². The molecule has 2 unspecified atom stereocenters. The van der Waals surface area contributed by atoms with Gasteiger partial charge in [-0.1, -0.05) is 42.5 Å². The van der Waals surface area contributed by atoms with Crippen LogP contribution in [0.5, 0.6) is 5.75 Å². The van der Waals surface area contributed by atoms with E-state index in [9.17, 15) is 10.1 Å². The van der Waals surface area contributed by atoms with Crippen LogP contribution < -0.4 is 10.1 Å². The van der Waals surface area contributed by atoms with Crippen molar-refractivity contribution in [2.24, 2.45) is 0 Å². The third kappa shape index (κ3) is 4.23. The van der Waals surface area contributed by atoms with E-state index in [1.54, 1.807) is 18.2 Å². The summed E-state index contributed by atoms with van der Waals surface area (Å²) in [5.74, 6) is 0.250. The normalized spacial score (nSPS) is 18.2. The summed E-state index contributed by atoms with van der Waals surface area (Å²) >= 11 is 0. The Bertz CT molecular complexity index is 663. The number of nitro benzene ring substituents is 1. The number of hydrogen-bond acceptors (Lipinski definition) is 5. The number of morpholine rings is 1. The minimum atomic E-state index is -0.433. The predicted molar refractivity (Wildman–Crippen MR) is 92.8 cm³/mol. The number of benzene rings is 2. The molecule has 0 saturated carbocycles. The summed E-state index contributed by atoms with van der Waals surface area (Å²) in [6.45, 7) is 2.03. The Kier molecular flexibility index (Phi) is 6.54. The Morgan fingerprint density at radius 1 is 1.17 bits per heavy atom.